The highest BCUT2D eigenvalue weighted by atomic mass is 28.3. The first-order valence-corrected chi connectivity index (χ1v) is 31.3. The maximum absolute atomic E-state index is 9.55. The van der Waals surface area contributed by atoms with E-state index in [0.717, 1.165) is 45.3 Å². The fraction of sp³-hybridized carbons (Fsp3) is 0.108. The van der Waals surface area contributed by atoms with Gasteiger partial charge in [-0.2, -0.15) is 5.26 Å². The van der Waals surface area contributed by atoms with Gasteiger partial charge in [0.1, 0.15) is 0 Å². The summed E-state index contributed by atoms with van der Waals surface area (Å²) in [5.74, 6) is 0. The number of hydrogen-bond donors (Lipinski definition) is 0. The van der Waals surface area contributed by atoms with Gasteiger partial charge in [-0.05, 0) is 136 Å². The van der Waals surface area contributed by atoms with Crippen LogP contribution in [0.15, 0.2) is 218 Å². The Kier molecular flexibility index (Phi) is 12.4. The Bertz CT molecular complexity index is 3430. The van der Waals surface area contributed by atoms with Gasteiger partial charge >= 0.3 is 0 Å². The van der Waals surface area contributed by atoms with E-state index in [4.69, 9.17) is 6.57 Å². The summed E-state index contributed by atoms with van der Waals surface area (Å²) >= 11 is 0. The third-order valence-electron chi connectivity index (χ3n) is 13.9. The van der Waals surface area contributed by atoms with Crippen molar-refractivity contribution in [3.05, 3.63) is 269 Å². The largest absolute Gasteiger partial charge is 0.311 e. The number of anilines is 6. The van der Waals surface area contributed by atoms with Crippen molar-refractivity contribution in [3.8, 4) is 17.2 Å². The third-order valence-corrected chi connectivity index (χ3v) is 18.0. The number of fused-ring (bicyclic) bond motifs is 3. The first kappa shape index (κ1) is 46.5. The van der Waals surface area contributed by atoms with E-state index < -0.39 is 21.6 Å². The molecular formula is C65H56N4Si2. The van der Waals surface area contributed by atoms with Gasteiger partial charge in [0, 0.05) is 34.1 Å². The minimum atomic E-state index is -1.54. The molecule has 0 aromatic heterocycles. The van der Waals surface area contributed by atoms with Crippen molar-refractivity contribution in [2.75, 3.05) is 9.80 Å². The molecule has 1 aliphatic carbocycles. The zero-order chi connectivity index (χ0) is 49.3. The Labute approximate surface area is 421 Å². The van der Waals surface area contributed by atoms with Gasteiger partial charge in [0.25, 0.3) is 0 Å². The average Bonchev–Trinajstić information content (AvgIpc) is 3.69. The van der Waals surface area contributed by atoms with Crippen LogP contribution in [0.25, 0.3) is 28.1 Å². The van der Waals surface area contributed by atoms with Crippen LogP contribution in [0.1, 0.15) is 38.9 Å². The monoisotopic (exact) mass is 948 g/mol. The van der Waals surface area contributed by atoms with Crippen LogP contribution in [0, 0.1) is 17.9 Å². The topological polar surface area (TPSA) is 34.6 Å². The van der Waals surface area contributed by atoms with Crippen molar-refractivity contribution in [1.82, 2.24) is 0 Å². The molecule has 10 rings (SSSR count). The molecule has 344 valence electrons. The first-order valence-electron chi connectivity index (χ1n) is 24.3. The molecule has 0 radical (unpaired) electrons. The quantitative estimate of drug-likeness (QED) is 0.0695. The summed E-state index contributed by atoms with van der Waals surface area (Å²) < 4.78 is 0. The number of nitrogens with zero attached hydrogens (tertiary/aromatic N) is 4. The molecule has 4 nitrogen and oxygen atoms in total. The lowest BCUT2D eigenvalue weighted by atomic mass is 9.67. The SMILES string of the molecule is [C-]#[N+]c1ccc(N(c2ccc([Si](C)(C)C)cc2)c2ccc3c(c2)C(c2ccccc2)(c2ccccc2)c2cc(/C=C/c4ccc(N(c5ccc(C#N)cc5)c5ccc([Si](C)(C)C)cc5)cc4)ccc2-3)cc1. The first-order chi connectivity index (χ1) is 34.3. The lowest BCUT2D eigenvalue weighted by Gasteiger charge is -2.35. The molecule has 6 heteroatoms. The van der Waals surface area contributed by atoms with Gasteiger partial charge in [-0.15, -0.1) is 0 Å². The van der Waals surface area contributed by atoms with Crippen LogP contribution in [-0.4, -0.2) is 16.1 Å². The van der Waals surface area contributed by atoms with Crippen molar-refractivity contribution in [2.24, 2.45) is 0 Å². The second-order valence-corrected chi connectivity index (χ2v) is 30.6. The predicted molar refractivity (Wildman–Crippen MR) is 305 cm³/mol. The Morgan fingerprint density at radius 1 is 0.437 bits per heavy atom. The van der Waals surface area contributed by atoms with Crippen LogP contribution >= 0.6 is 0 Å². The molecule has 0 fully saturated rings. The van der Waals surface area contributed by atoms with Crippen LogP contribution in [0.2, 0.25) is 39.3 Å². The number of benzene rings is 9. The summed E-state index contributed by atoms with van der Waals surface area (Å²) in [5.41, 5.74) is 16.4. The number of rotatable bonds is 12. The Morgan fingerprint density at radius 2 is 0.817 bits per heavy atom. The van der Waals surface area contributed by atoms with Gasteiger partial charge < -0.3 is 9.80 Å². The predicted octanol–water partition coefficient (Wildman–Crippen LogP) is 16.7. The van der Waals surface area contributed by atoms with Crippen molar-refractivity contribution in [1.29, 1.82) is 5.26 Å². The Morgan fingerprint density at radius 3 is 1.28 bits per heavy atom. The lowest BCUT2D eigenvalue weighted by Crippen LogP contribution is -2.37. The van der Waals surface area contributed by atoms with E-state index in [1.165, 1.54) is 43.8 Å². The molecular weight excluding hydrogens is 893 g/mol. The minimum Gasteiger partial charge on any atom is -0.311 e. The van der Waals surface area contributed by atoms with Gasteiger partial charge in [0.15, 0.2) is 5.69 Å². The molecule has 71 heavy (non-hydrogen) atoms. The number of hydrogen-bond acceptors (Lipinski definition) is 3. The van der Waals surface area contributed by atoms with E-state index in [9.17, 15) is 5.26 Å². The standard InChI is InChI=1S/C65H56N4Si2/c1-67-52-25-31-55(32-26-52)69(57-35-40-60(41-36-57)71(5,6)7)58-37-43-62-61-42-24-48(44-63(61)65(64(62)45-58,50-14-10-8-11-15-50)51-16-12-9-13-17-51)19-18-47-20-27-53(28-21-47)68(54-29-22-49(46-66)23-30-54)56-33-38-59(39-34-56)70(2,3)4/h8-45H,2-7H3/b19-18+. The van der Waals surface area contributed by atoms with E-state index in [-0.39, 0.29) is 0 Å². The van der Waals surface area contributed by atoms with Crippen molar-refractivity contribution < 1.29 is 0 Å². The normalized spacial score (nSPS) is 12.7. The highest BCUT2D eigenvalue weighted by Gasteiger charge is 2.46. The molecule has 0 heterocycles. The fourth-order valence-electron chi connectivity index (χ4n) is 10.1. The van der Waals surface area contributed by atoms with Crippen LogP contribution in [0.5, 0.6) is 0 Å². The molecule has 0 spiro atoms. The molecule has 0 saturated carbocycles. The Hall–Kier alpha value is -8.27. The third kappa shape index (κ3) is 8.97. The number of nitriles is 1. The molecule has 0 atom stereocenters. The Balaban J connectivity index is 1.06. The van der Waals surface area contributed by atoms with Crippen molar-refractivity contribution in [3.63, 3.8) is 0 Å². The fourth-order valence-corrected chi connectivity index (χ4v) is 12.5. The second-order valence-electron chi connectivity index (χ2n) is 20.5. The van der Waals surface area contributed by atoms with Crippen molar-refractivity contribution in [2.45, 2.75) is 44.7 Å². The smallest absolute Gasteiger partial charge is 0.187 e. The maximum Gasteiger partial charge on any atom is 0.187 e. The molecule has 1 aliphatic rings. The molecule has 9 aromatic rings. The molecule has 0 unspecified atom stereocenters. The zero-order valence-electron chi connectivity index (χ0n) is 41.2. The lowest BCUT2D eigenvalue weighted by molar-refractivity contribution is 0.768. The van der Waals surface area contributed by atoms with E-state index in [1.54, 1.807) is 0 Å². The summed E-state index contributed by atoms with van der Waals surface area (Å²) in [6, 6.07) is 80.7. The van der Waals surface area contributed by atoms with Crippen LogP contribution in [0.3, 0.4) is 0 Å². The molecule has 9 aromatic carbocycles. The van der Waals surface area contributed by atoms with E-state index in [0.29, 0.717) is 11.3 Å². The highest BCUT2D eigenvalue weighted by molar-refractivity contribution is 6.89. The summed E-state index contributed by atoms with van der Waals surface area (Å²) in [6.07, 6.45) is 4.44. The van der Waals surface area contributed by atoms with E-state index >= 15 is 0 Å². The van der Waals surface area contributed by atoms with Crippen LogP contribution in [-0.2, 0) is 5.41 Å². The van der Waals surface area contributed by atoms with Gasteiger partial charge in [-0.25, -0.2) is 4.85 Å². The summed E-state index contributed by atoms with van der Waals surface area (Å²) in [7, 11) is -3.02. The second kappa shape index (κ2) is 18.9. The summed E-state index contributed by atoms with van der Waals surface area (Å²) in [4.78, 5) is 8.30. The highest BCUT2D eigenvalue weighted by Crippen LogP contribution is 2.57. The van der Waals surface area contributed by atoms with Gasteiger partial charge in [-0.3, -0.25) is 0 Å². The molecule has 0 bridgehead atoms. The molecule has 0 aliphatic heterocycles. The van der Waals surface area contributed by atoms with Gasteiger partial charge in [0.2, 0.25) is 0 Å². The van der Waals surface area contributed by atoms with Gasteiger partial charge in [-0.1, -0.05) is 189 Å². The van der Waals surface area contributed by atoms with E-state index in [2.05, 4.69) is 254 Å². The van der Waals surface area contributed by atoms with Gasteiger partial charge in [0.05, 0.1) is 39.8 Å². The summed E-state index contributed by atoms with van der Waals surface area (Å²) in [6.45, 7) is 21.9. The molecule has 0 amide bonds. The average molecular weight is 949 g/mol. The van der Waals surface area contributed by atoms with E-state index in [1.807, 2.05) is 36.4 Å². The molecule has 0 N–H and O–H groups in total. The van der Waals surface area contributed by atoms with Crippen LogP contribution < -0.4 is 20.2 Å². The zero-order valence-corrected chi connectivity index (χ0v) is 43.2. The summed E-state index contributed by atoms with van der Waals surface area (Å²) in [5, 5.41) is 12.4. The van der Waals surface area contributed by atoms with Crippen molar-refractivity contribution >= 4 is 78.5 Å². The molecule has 0 saturated heterocycles. The maximum atomic E-state index is 9.55. The van der Waals surface area contributed by atoms with Crippen LogP contribution in [0.4, 0.5) is 39.8 Å². The minimum absolute atomic E-state index is 0.617.